The van der Waals surface area contributed by atoms with Crippen LogP contribution in [0.25, 0.3) is 0 Å². The molecule has 3 heterocycles. The molecule has 0 saturated carbocycles. The third kappa shape index (κ3) is 4.31. The van der Waals surface area contributed by atoms with E-state index in [1.807, 2.05) is 23.3 Å². The lowest BCUT2D eigenvalue weighted by atomic mass is 10.0. The van der Waals surface area contributed by atoms with Gasteiger partial charge >= 0.3 is 0 Å². The van der Waals surface area contributed by atoms with Gasteiger partial charge in [0.15, 0.2) is 0 Å². The summed E-state index contributed by atoms with van der Waals surface area (Å²) in [6, 6.07) is 8.98. The second-order valence-electron chi connectivity index (χ2n) is 6.65. The Bertz CT molecular complexity index is 771. The minimum atomic E-state index is 0.467. The van der Waals surface area contributed by atoms with E-state index >= 15 is 0 Å². The number of imidazole rings is 1. The van der Waals surface area contributed by atoms with Crippen LogP contribution in [0.1, 0.15) is 35.9 Å². The second-order valence-corrected chi connectivity index (χ2v) is 7.57. The normalized spacial score (nSPS) is 18.1. The SMILES string of the molecule is c1cn(CCOc2ccc(CN3CCCC[C@@H]3c3nccs3)cc2)cn1. The molecule has 0 aliphatic carbocycles. The van der Waals surface area contributed by atoms with Gasteiger partial charge in [-0.3, -0.25) is 4.90 Å². The molecule has 1 aliphatic rings. The zero-order chi connectivity index (χ0) is 17.6. The highest BCUT2D eigenvalue weighted by Crippen LogP contribution is 2.33. The summed E-state index contributed by atoms with van der Waals surface area (Å²) >= 11 is 1.77. The fourth-order valence-corrected chi connectivity index (χ4v) is 4.28. The van der Waals surface area contributed by atoms with Gasteiger partial charge in [0, 0.05) is 30.5 Å². The molecule has 136 valence electrons. The lowest BCUT2D eigenvalue weighted by Crippen LogP contribution is -2.32. The van der Waals surface area contributed by atoms with E-state index in [0.29, 0.717) is 12.6 Å². The van der Waals surface area contributed by atoms with Gasteiger partial charge in [-0.2, -0.15) is 0 Å². The molecule has 0 bridgehead atoms. The van der Waals surface area contributed by atoms with Crippen molar-refractivity contribution >= 4 is 11.3 Å². The molecule has 6 heteroatoms. The Morgan fingerprint density at radius 1 is 1.15 bits per heavy atom. The molecule has 0 unspecified atom stereocenters. The van der Waals surface area contributed by atoms with Crippen molar-refractivity contribution < 1.29 is 4.74 Å². The highest BCUT2D eigenvalue weighted by atomic mass is 32.1. The van der Waals surface area contributed by atoms with Crippen LogP contribution in [-0.4, -0.2) is 32.6 Å². The zero-order valence-electron chi connectivity index (χ0n) is 14.8. The first-order chi connectivity index (χ1) is 12.9. The fourth-order valence-electron chi connectivity index (χ4n) is 3.47. The van der Waals surface area contributed by atoms with Gasteiger partial charge in [0.2, 0.25) is 0 Å². The predicted octanol–water partition coefficient (Wildman–Crippen LogP) is 4.15. The summed E-state index contributed by atoms with van der Waals surface area (Å²) in [5.41, 5.74) is 1.33. The standard InChI is InChI=1S/C20H24N4OS/c1-2-10-24(19(3-1)20-22-9-14-26-20)15-17-4-6-18(7-5-17)25-13-12-23-11-8-21-16-23/h4-9,11,14,16,19H,1-3,10,12-13,15H2/t19-/m1/s1. The summed E-state index contributed by atoms with van der Waals surface area (Å²) in [5, 5.41) is 3.34. The molecular formula is C20H24N4OS. The molecule has 26 heavy (non-hydrogen) atoms. The van der Waals surface area contributed by atoms with Gasteiger partial charge in [-0.05, 0) is 37.1 Å². The van der Waals surface area contributed by atoms with Crippen molar-refractivity contribution in [2.24, 2.45) is 0 Å². The molecule has 1 aliphatic heterocycles. The summed E-state index contributed by atoms with van der Waals surface area (Å²) in [6.07, 6.45) is 11.2. The average Bonchev–Trinajstić information content (AvgIpc) is 3.38. The number of hydrogen-bond donors (Lipinski definition) is 0. The quantitative estimate of drug-likeness (QED) is 0.628. The van der Waals surface area contributed by atoms with Gasteiger partial charge < -0.3 is 9.30 Å². The maximum atomic E-state index is 5.83. The van der Waals surface area contributed by atoms with Gasteiger partial charge in [0.25, 0.3) is 0 Å². The van der Waals surface area contributed by atoms with Crippen molar-refractivity contribution in [1.29, 1.82) is 0 Å². The summed E-state index contributed by atoms with van der Waals surface area (Å²) in [7, 11) is 0. The highest BCUT2D eigenvalue weighted by molar-refractivity contribution is 7.09. The van der Waals surface area contributed by atoms with E-state index in [1.54, 1.807) is 17.5 Å². The topological polar surface area (TPSA) is 43.2 Å². The maximum absolute atomic E-state index is 5.83. The first-order valence-electron chi connectivity index (χ1n) is 9.19. The Kier molecular flexibility index (Phi) is 5.62. The second kappa shape index (κ2) is 8.47. The molecule has 5 nitrogen and oxygen atoms in total. The number of piperidine rings is 1. The van der Waals surface area contributed by atoms with Crippen molar-refractivity contribution in [3.63, 3.8) is 0 Å². The van der Waals surface area contributed by atoms with E-state index in [-0.39, 0.29) is 0 Å². The number of benzene rings is 1. The number of hydrogen-bond acceptors (Lipinski definition) is 5. The summed E-state index contributed by atoms with van der Waals surface area (Å²) in [5.74, 6) is 0.920. The van der Waals surface area contributed by atoms with Crippen molar-refractivity contribution in [3.05, 3.63) is 65.1 Å². The zero-order valence-corrected chi connectivity index (χ0v) is 15.6. The predicted molar refractivity (Wildman–Crippen MR) is 103 cm³/mol. The van der Waals surface area contributed by atoms with E-state index in [2.05, 4.69) is 44.5 Å². The van der Waals surface area contributed by atoms with Crippen LogP contribution in [0.4, 0.5) is 0 Å². The third-order valence-electron chi connectivity index (χ3n) is 4.84. The highest BCUT2D eigenvalue weighted by Gasteiger charge is 2.25. The first-order valence-corrected chi connectivity index (χ1v) is 10.1. The van der Waals surface area contributed by atoms with Gasteiger partial charge in [0.05, 0.1) is 18.9 Å². The molecule has 2 aromatic heterocycles. The minimum absolute atomic E-state index is 0.467. The van der Waals surface area contributed by atoms with Crippen molar-refractivity contribution in [3.8, 4) is 5.75 Å². The molecule has 3 aromatic rings. The molecule has 0 radical (unpaired) electrons. The summed E-state index contributed by atoms with van der Waals surface area (Å²) in [6.45, 7) is 3.58. The van der Waals surface area contributed by atoms with E-state index in [0.717, 1.165) is 25.4 Å². The number of aromatic nitrogens is 3. The smallest absolute Gasteiger partial charge is 0.119 e. The van der Waals surface area contributed by atoms with Gasteiger partial charge in [-0.1, -0.05) is 18.6 Å². The molecule has 0 N–H and O–H groups in total. The minimum Gasteiger partial charge on any atom is -0.492 e. The van der Waals surface area contributed by atoms with Gasteiger partial charge in [-0.25, -0.2) is 9.97 Å². The lowest BCUT2D eigenvalue weighted by Gasteiger charge is -2.34. The number of nitrogens with zero attached hydrogens (tertiary/aromatic N) is 4. The number of ether oxygens (including phenoxy) is 1. The Morgan fingerprint density at radius 2 is 2.08 bits per heavy atom. The Hall–Kier alpha value is -2.18. The van der Waals surface area contributed by atoms with Crippen molar-refractivity contribution in [2.75, 3.05) is 13.2 Å². The molecule has 1 atom stereocenters. The molecule has 1 aromatic carbocycles. The van der Waals surface area contributed by atoms with E-state index < -0.39 is 0 Å². The molecule has 1 fully saturated rings. The van der Waals surface area contributed by atoms with Crippen LogP contribution in [-0.2, 0) is 13.1 Å². The van der Waals surface area contributed by atoms with Gasteiger partial charge in [-0.15, -0.1) is 11.3 Å². The maximum Gasteiger partial charge on any atom is 0.119 e. The summed E-state index contributed by atoms with van der Waals surface area (Å²) < 4.78 is 7.85. The van der Waals surface area contributed by atoms with Crippen LogP contribution in [0.15, 0.2) is 54.6 Å². The van der Waals surface area contributed by atoms with Crippen LogP contribution in [0.3, 0.4) is 0 Å². The van der Waals surface area contributed by atoms with Crippen LogP contribution < -0.4 is 4.74 Å². The number of rotatable bonds is 7. The largest absolute Gasteiger partial charge is 0.492 e. The van der Waals surface area contributed by atoms with Crippen LogP contribution in [0.2, 0.25) is 0 Å². The Labute approximate surface area is 158 Å². The van der Waals surface area contributed by atoms with Crippen LogP contribution >= 0.6 is 11.3 Å². The number of thiazole rings is 1. The van der Waals surface area contributed by atoms with Crippen molar-refractivity contribution in [1.82, 2.24) is 19.4 Å². The molecule has 1 saturated heterocycles. The van der Waals surface area contributed by atoms with E-state index in [4.69, 9.17) is 4.74 Å². The molecular weight excluding hydrogens is 344 g/mol. The monoisotopic (exact) mass is 368 g/mol. The average molecular weight is 369 g/mol. The molecule has 0 amide bonds. The number of likely N-dealkylation sites (tertiary alicyclic amines) is 1. The Morgan fingerprint density at radius 3 is 2.85 bits per heavy atom. The van der Waals surface area contributed by atoms with Crippen LogP contribution in [0.5, 0.6) is 5.75 Å². The third-order valence-corrected chi connectivity index (χ3v) is 5.71. The fraction of sp³-hybridized carbons (Fsp3) is 0.400. The molecule has 4 rings (SSSR count). The lowest BCUT2D eigenvalue weighted by molar-refractivity contribution is 0.140. The first kappa shape index (κ1) is 17.2. The Balaban J connectivity index is 1.32. The summed E-state index contributed by atoms with van der Waals surface area (Å²) in [4.78, 5) is 11.2. The van der Waals surface area contributed by atoms with Gasteiger partial charge in [0.1, 0.15) is 17.4 Å². The molecule has 0 spiro atoms. The van der Waals surface area contributed by atoms with E-state index in [9.17, 15) is 0 Å². The van der Waals surface area contributed by atoms with Crippen LogP contribution in [0, 0.1) is 0 Å². The van der Waals surface area contributed by atoms with E-state index in [1.165, 1.54) is 29.8 Å². The van der Waals surface area contributed by atoms with Crippen molar-refractivity contribution in [2.45, 2.75) is 38.4 Å².